The number of aryl methyl sites for hydroxylation is 10. The number of rotatable bonds is 6. The maximum atomic E-state index is 7.38. The van der Waals surface area contributed by atoms with Crippen LogP contribution < -0.4 is 25.0 Å². The van der Waals surface area contributed by atoms with Crippen molar-refractivity contribution in [1.29, 1.82) is 0 Å². The summed E-state index contributed by atoms with van der Waals surface area (Å²) in [7, 11) is 0. The SMILES string of the molecule is Cc1cc(C)c(B(c2c(C)cc(C)cc2C)N(/C=C2\c3cccc[n+]3[B-]3(OC(C)(C)C(C)(C)O3)N2c2c(C)cccc2C)c2c(C)cccc2C)c(C)c1.c1ccccc1. The number of aromatic nitrogens is 1. The molecule has 1 fully saturated rings. The zero-order chi connectivity index (χ0) is 43.3. The monoisotopic (exact) mass is 796 g/mol. The van der Waals surface area contributed by atoms with Crippen LogP contribution in [0.3, 0.4) is 0 Å². The first kappa shape index (κ1) is 42.8. The van der Waals surface area contributed by atoms with E-state index < -0.39 is 18.0 Å². The summed E-state index contributed by atoms with van der Waals surface area (Å²) in [5.74, 6) is 0. The third-order valence-corrected chi connectivity index (χ3v) is 13.0. The van der Waals surface area contributed by atoms with E-state index in [1.807, 2.05) is 36.4 Å². The minimum absolute atomic E-state index is 0.141. The topological polar surface area (TPSA) is 28.8 Å². The Hall–Kier alpha value is -5.36. The summed E-state index contributed by atoms with van der Waals surface area (Å²) in [4.78, 5) is 4.98. The first-order valence-corrected chi connectivity index (χ1v) is 21.5. The Kier molecular flexibility index (Phi) is 11.6. The van der Waals surface area contributed by atoms with Gasteiger partial charge in [-0.3, -0.25) is 0 Å². The summed E-state index contributed by atoms with van der Waals surface area (Å²) >= 11 is 0. The van der Waals surface area contributed by atoms with Crippen LogP contribution in [0.4, 0.5) is 11.4 Å². The smallest absolute Gasteiger partial charge is 0.477 e. The number of hydrogen-bond acceptors (Lipinski definition) is 4. The molecule has 1 spiro atoms. The zero-order valence-corrected chi connectivity index (χ0v) is 38.4. The highest BCUT2D eigenvalue weighted by atomic mass is 16.7. The molecule has 3 heterocycles. The molecular weight excluding hydrogens is 732 g/mol. The van der Waals surface area contributed by atoms with E-state index >= 15 is 0 Å². The van der Waals surface area contributed by atoms with E-state index in [9.17, 15) is 0 Å². The summed E-state index contributed by atoms with van der Waals surface area (Å²) in [6.07, 6.45) is 4.55. The molecule has 0 unspecified atom stereocenters. The molecule has 0 saturated carbocycles. The molecule has 0 bridgehead atoms. The average molecular weight is 796 g/mol. The minimum atomic E-state index is -2.25. The van der Waals surface area contributed by atoms with Gasteiger partial charge in [0.25, 0.3) is 0 Å². The molecule has 1 saturated heterocycles. The van der Waals surface area contributed by atoms with Gasteiger partial charge in [0.05, 0.1) is 16.9 Å². The number of benzene rings is 5. The lowest BCUT2D eigenvalue weighted by Gasteiger charge is -2.40. The molecular formula is C53H63B2N3O2. The van der Waals surface area contributed by atoms with E-state index in [1.165, 1.54) is 61.1 Å². The van der Waals surface area contributed by atoms with Crippen molar-refractivity contribution < 1.29 is 13.8 Å². The van der Waals surface area contributed by atoms with Gasteiger partial charge in [0.15, 0.2) is 5.69 Å². The Morgan fingerprint density at radius 3 is 1.38 bits per heavy atom. The van der Waals surface area contributed by atoms with Gasteiger partial charge in [0.1, 0.15) is 6.20 Å². The largest absolute Gasteiger partial charge is 0.667 e. The number of pyridine rings is 1. The summed E-state index contributed by atoms with van der Waals surface area (Å²) in [5, 5.41) is 0. The lowest BCUT2D eigenvalue weighted by Crippen LogP contribution is -2.72. The number of para-hydroxylation sites is 2. The Morgan fingerprint density at radius 1 is 0.533 bits per heavy atom. The van der Waals surface area contributed by atoms with E-state index in [1.54, 1.807) is 0 Å². The second kappa shape index (κ2) is 16.2. The minimum Gasteiger partial charge on any atom is -0.477 e. The van der Waals surface area contributed by atoms with Crippen LogP contribution in [0, 0.1) is 69.2 Å². The Balaban J connectivity index is 0.000000834. The van der Waals surface area contributed by atoms with Crippen LogP contribution in [0.5, 0.6) is 0 Å². The molecule has 0 amide bonds. The number of hydrogen-bond donors (Lipinski definition) is 0. The summed E-state index contributed by atoms with van der Waals surface area (Å²) in [5.41, 5.74) is 18.3. The van der Waals surface area contributed by atoms with Crippen molar-refractivity contribution in [2.24, 2.45) is 0 Å². The number of nitrogens with zero attached hydrogens (tertiary/aromatic N) is 3. The van der Waals surface area contributed by atoms with Gasteiger partial charge in [-0.15, -0.1) is 0 Å². The second-order valence-corrected chi connectivity index (χ2v) is 18.3. The van der Waals surface area contributed by atoms with Gasteiger partial charge < -0.3 is 23.4 Å². The number of fused-ring (bicyclic) bond motifs is 2. The molecule has 2 aliphatic rings. The van der Waals surface area contributed by atoms with Crippen LogP contribution in [0.1, 0.15) is 89.0 Å². The molecule has 0 radical (unpaired) electrons. The molecule has 5 nitrogen and oxygen atoms in total. The van der Waals surface area contributed by atoms with Crippen LogP contribution in [0.2, 0.25) is 0 Å². The molecule has 6 aromatic rings. The van der Waals surface area contributed by atoms with Gasteiger partial charge >= 0.3 is 13.7 Å². The van der Waals surface area contributed by atoms with E-state index in [0.29, 0.717) is 0 Å². The highest BCUT2D eigenvalue weighted by Gasteiger charge is 2.68. The third-order valence-electron chi connectivity index (χ3n) is 13.0. The Morgan fingerprint density at radius 2 is 0.950 bits per heavy atom. The van der Waals surface area contributed by atoms with E-state index in [2.05, 4.69) is 202 Å². The van der Waals surface area contributed by atoms with Crippen molar-refractivity contribution in [3.05, 3.63) is 189 Å². The summed E-state index contributed by atoms with van der Waals surface area (Å²) in [6, 6.07) is 41.0. The van der Waals surface area contributed by atoms with Crippen LogP contribution in [0.25, 0.3) is 5.70 Å². The normalized spacial score (nSPS) is 16.4. The third kappa shape index (κ3) is 7.52. The predicted octanol–water partition coefficient (Wildman–Crippen LogP) is 10.8. The standard InChI is InChI=1S/C47H57B2N3O2.C6H6/c1-30-25-36(7)42(37(8)26-30)48(43-38(9)27-31(2)28-39(43)10)50(44-32(3)19-17-20-33(44)4)29-41-40-23-15-16-24-51(40)49(53-46(11,12)47(13,14)54-49)52(41)45-34(5)21-18-22-35(45)6;1-2-4-6-5-3-1/h15-29H,1-14H3;1-6H/b41-29+;. The molecule has 2 aliphatic heterocycles. The fourth-order valence-electron chi connectivity index (χ4n) is 9.94. The molecule has 8 rings (SSSR count). The van der Waals surface area contributed by atoms with Crippen molar-refractivity contribution in [3.8, 4) is 0 Å². The van der Waals surface area contributed by atoms with Crippen LogP contribution in [0.15, 0.2) is 128 Å². The lowest BCUT2D eigenvalue weighted by atomic mass is 9.45. The van der Waals surface area contributed by atoms with Gasteiger partial charge in [-0.2, -0.15) is 0 Å². The first-order chi connectivity index (χ1) is 28.4. The molecule has 5 aromatic carbocycles. The quantitative estimate of drug-likeness (QED) is 0.157. The van der Waals surface area contributed by atoms with Gasteiger partial charge in [0, 0.05) is 23.6 Å². The van der Waals surface area contributed by atoms with E-state index in [4.69, 9.17) is 9.31 Å². The van der Waals surface area contributed by atoms with Crippen LogP contribution in [-0.2, 0) is 9.31 Å². The van der Waals surface area contributed by atoms with Gasteiger partial charge in [-0.05, 0) is 136 Å². The summed E-state index contributed by atoms with van der Waals surface area (Å²) < 4.78 is 17.0. The maximum absolute atomic E-state index is 7.38. The van der Waals surface area contributed by atoms with Crippen molar-refractivity contribution in [2.75, 3.05) is 9.62 Å². The second-order valence-electron chi connectivity index (χ2n) is 18.3. The number of anilines is 2. The van der Waals surface area contributed by atoms with E-state index in [0.717, 1.165) is 28.2 Å². The molecule has 0 aliphatic carbocycles. The van der Waals surface area contributed by atoms with Crippen molar-refractivity contribution >= 4 is 41.7 Å². The van der Waals surface area contributed by atoms with E-state index in [-0.39, 0.29) is 6.85 Å². The molecule has 60 heavy (non-hydrogen) atoms. The Bertz CT molecular complexity index is 2410. The van der Waals surface area contributed by atoms with Crippen molar-refractivity contribution in [1.82, 2.24) is 0 Å². The lowest BCUT2D eigenvalue weighted by molar-refractivity contribution is -0.572. The molecule has 308 valence electrons. The van der Waals surface area contributed by atoms with Crippen LogP contribution in [-0.4, -0.2) is 24.9 Å². The summed E-state index contributed by atoms with van der Waals surface area (Å²) in [6.45, 7) is 28.6. The first-order valence-electron chi connectivity index (χ1n) is 21.5. The van der Waals surface area contributed by atoms with Crippen molar-refractivity contribution in [2.45, 2.75) is 108 Å². The Labute approximate surface area is 360 Å². The van der Waals surface area contributed by atoms with Gasteiger partial charge in [-0.25, -0.2) is 0 Å². The van der Waals surface area contributed by atoms with Gasteiger partial charge in [-0.1, -0.05) is 137 Å². The fraction of sp³-hybridized carbons (Fsp3) is 0.302. The highest BCUT2D eigenvalue weighted by molar-refractivity contribution is 6.89. The average Bonchev–Trinajstić information content (AvgIpc) is 3.52. The maximum Gasteiger partial charge on any atom is 0.667 e. The fourth-order valence-corrected chi connectivity index (χ4v) is 9.94. The van der Waals surface area contributed by atoms with Crippen LogP contribution >= 0.6 is 0 Å². The molecule has 7 heteroatoms. The highest BCUT2D eigenvalue weighted by Crippen LogP contribution is 2.49. The molecule has 0 atom stereocenters. The van der Waals surface area contributed by atoms with Gasteiger partial charge in [0.2, 0.25) is 0 Å². The van der Waals surface area contributed by atoms with Crippen molar-refractivity contribution in [3.63, 3.8) is 0 Å². The predicted molar refractivity (Wildman–Crippen MR) is 256 cm³/mol. The molecule has 1 aromatic heterocycles. The zero-order valence-electron chi connectivity index (χ0n) is 38.4. The molecule has 0 N–H and O–H groups in total.